The summed E-state index contributed by atoms with van der Waals surface area (Å²) in [6.07, 6.45) is 2.17. The van der Waals surface area contributed by atoms with Gasteiger partial charge in [0.15, 0.2) is 0 Å². The molecule has 0 bridgehead atoms. The molecule has 24 heavy (non-hydrogen) atoms. The zero-order valence-electron chi connectivity index (χ0n) is 11.9. The number of hydrogen-bond donors (Lipinski definition) is 0. The van der Waals surface area contributed by atoms with E-state index in [2.05, 4.69) is 9.17 Å². The van der Waals surface area contributed by atoms with Crippen LogP contribution in [0.4, 0.5) is 13.2 Å². The van der Waals surface area contributed by atoms with Gasteiger partial charge in [-0.05, 0) is 40.6 Å². The third-order valence-corrected chi connectivity index (χ3v) is 5.18. The van der Waals surface area contributed by atoms with E-state index in [0.29, 0.717) is 6.42 Å². The number of halogens is 3. The van der Waals surface area contributed by atoms with Crippen molar-refractivity contribution in [2.75, 3.05) is 0 Å². The third kappa shape index (κ3) is 3.36. The maximum Gasteiger partial charge on any atom is 0.534 e. The molecule has 2 aromatic heterocycles. The number of nitrogens with zero attached hydrogens (tertiary/aromatic N) is 1. The first-order chi connectivity index (χ1) is 11.3. The molecule has 0 aliphatic carbocycles. The predicted octanol–water partition coefficient (Wildman–Crippen LogP) is 4.12. The van der Waals surface area contributed by atoms with Crippen molar-refractivity contribution in [1.82, 2.24) is 4.98 Å². The number of thiophene rings is 1. The highest BCUT2D eigenvalue weighted by molar-refractivity contribution is 7.88. The van der Waals surface area contributed by atoms with Gasteiger partial charge in [-0.2, -0.15) is 21.6 Å². The van der Waals surface area contributed by atoms with Crippen LogP contribution in [-0.2, 0) is 16.5 Å². The maximum atomic E-state index is 12.3. The van der Waals surface area contributed by atoms with Crippen LogP contribution in [0, 0.1) is 0 Å². The molecule has 0 spiro atoms. The van der Waals surface area contributed by atoms with Gasteiger partial charge in [-0.25, -0.2) is 0 Å². The van der Waals surface area contributed by atoms with E-state index in [1.165, 1.54) is 24.3 Å². The molecule has 0 atom stereocenters. The second-order valence-corrected chi connectivity index (χ2v) is 7.35. The van der Waals surface area contributed by atoms with Crippen molar-refractivity contribution in [2.45, 2.75) is 11.9 Å². The maximum absolute atomic E-state index is 12.3. The quantitative estimate of drug-likeness (QED) is 0.510. The van der Waals surface area contributed by atoms with Gasteiger partial charge in [0.25, 0.3) is 0 Å². The molecular formula is C15H10F3NO3S2. The molecule has 0 saturated heterocycles. The zero-order chi connectivity index (χ0) is 17.4. The summed E-state index contributed by atoms with van der Waals surface area (Å²) in [5.41, 5.74) is -3.83. The van der Waals surface area contributed by atoms with E-state index in [4.69, 9.17) is 0 Å². The van der Waals surface area contributed by atoms with Crippen LogP contribution in [0.15, 0.2) is 48.0 Å². The molecule has 4 nitrogen and oxygen atoms in total. The molecule has 0 radical (unpaired) electrons. The Morgan fingerprint density at radius 1 is 1.08 bits per heavy atom. The van der Waals surface area contributed by atoms with Gasteiger partial charge in [0.2, 0.25) is 0 Å². The number of pyridine rings is 1. The Hall–Kier alpha value is -2.13. The fourth-order valence-corrected chi connectivity index (χ4v) is 3.45. The second kappa shape index (κ2) is 6.06. The van der Waals surface area contributed by atoms with E-state index in [9.17, 15) is 21.6 Å². The number of fused-ring (bicyclic) bond motifs is 1. The average molecular weight is 373 g/mol. The SMILES string of the molecule is O=S(=O)(Oc1ccc(Cc2nccc3ccsc23)cc1)C(F)(F)F. The molecule has 1 aromatic carbocycles. The fraction of sp³-hybridized carbons (Fsp3) is 0.133. The molecule has 0 aliphatic rings. The largest absolute Gasteiger partial charge is 0.534 e. The lowest BCUT2D eigenvalue weighted by Gasteiger charge is -2.10. The Morgan fingerprint density at radius 2 is 1.79 bits per heavy atom. The Balaban J connectivity index is 1.79. The molecule has 126 valence electrons. The summed E-state index contributed by atoms with van der Waals surface area (Å²) in [4.78, 5) is 4.32. The average Bonchev–Trinajstić information content (AvgIpc) is 2.97. The van der Waals surface area contributed by atoms with Gasteiger partial charge in [0.1, 0.15) is 5.75 Å². The standard InChI is InChI=1S/C15H10F3NO3S2/c16-15(17,18)24(20,21)22-12-3-1-10(2-4-12)9-13-14-11(5-7-19-13)6-8-23-14/h1-8H,9H2. The number of benzene rings is 1. The monoisotopic (exact) mass is 373 g/mol. The summed E-state index contributed by atoms with van der Waals surface area (Å²) in [6, 6.07) is 9.27. The van der Waals surface area contributed by atoms with E-state index >= 15 is 0 Å². The highest BCUT2D eigenvalue weighted by Crippen LogP contribution is 2.28. The molecule has 9 heteroatoms. The van der Waals surface area contributed by atoms with Crippen molar-refractivity contribution in [3.8, 4) is 5.75 Å². The summed E-state index contributed by atoms with van der Waals surface area (Å²) in [6.45, 7) is 0. The first-order valence-corrected chi connectivity index (χ1v) is 8.96. The van der Waals surface area contributed by atoms with Gasteiger partial charge >= 0.3 is 15.6 Å². The molecule has 0 fully saturated rings. The highest BCUT2D eigenvalue weighted by atomic mass is 32.2. The Bertz CT molecular complexity index is 964. The molecule has 0 unspecified atom stereocenters. The number of alkyl halides is 3. The van der Waals surface area contributed by atoms with Crippen molar-refractivity contribution in [1.29, 1.82) is 0 Å². The van der Waals surface area contributed by atoms with Gasteiger partial charge in [-0.1, -0.05) is 12.1 Å². The van der Waals surface area contributed by atoms with Crippen molar-refractivity contribution in [2.24, 2.45) is 0 Å². The van der Waals surface area contributed by atoms with Gasteiger partial charge in [0, 0.05) is 12.6 Å². The number of hydrogen-bond acceptors (Lipinski definition) is 5. The van der Waals surface area contributed by atoms with Crippen molar-refractivity contribution in [3.05, 3.63) is 59.2 Å². The van der Waals surface area contributed by atoms with Crippen LogP contribution in [0.5, 0.6) is 5.75 Å². The molecule has 2 heterocycles. The van der Waals surface area contributed by atoms with E-state index in [0.717, 1.165) is 21.3 Å². The van der Waals surface area contributed by atoms with Crippen molar-refractivity contribution < 1.29 is 25.8 Å². The normalized spacial score (nSPS) is 12.5. The third-order valence-electron chi connectivity index (χ3n) is 3.23. The Labute approximate surface area is 139 Å². The molecule has 3 aromatic rings. The lowest BCUT2D eigenvalue weighted by Crippen LogP contribution is -2.28. The van der Waals surface area contributed by atoms with Crippen LogP contribution in [0.2, 0.25) is 0 Å². The second-order valence-electron chi connectivity index (χ2n) is 4.90. The van der Waals surface area contributed by atoms with E-state index in [1.807, 2.05) is 17.5 Å². The summed E-state index contributed by atoms with van der Waals surface area (Å²) < 4.78 is 63.9. The van der Waals surface area contributed by atoms with Crippen LogP contribution >= 0.6 is 11.3 Å². The van der Waals surface area contributed by atoms with E-state index in [1.54, 1.807) is 17.5 Å². The molecule has 0 aliphatic heterocycles. The fourth-order valence-electron chi connectivity index (χ4n) is 2.11. The van der Waals surface area contributed by atoms with Crippen LogP contribution in [0.1, 0.15) is 11.3 Å². The molecule has 0 saturated carbocycles. The van der Waals surface area contributed by atoms with Crippen LogP contribution in [0.25, 0.3) is 10.1 Å². The minimum absolute atomic E-state index is 0.390. The van der Waals surface area contributed by atoms with Crippen LogP contribution < -0.4 is 4.18 Å². The molecule has 3 rings (SSSR count). The predicted molar refractivity (Wildman–Crippen MR) is 84.5 cm³/mol. The lowest BCUT2D eigenvalue weighted by atomic mass is 10.1. The molecular weight excluding hydrogens is 363 g/mol. The minimum atomic E-state index is -5.65. The first-order valence-electron chi connectivity index (χ1n) is 6.67. The smallest absolute Gasteiger partial charge is 0.376 e. The van der Waals surface area contributed by atoms with Gasteiger partial charge < -0.3 is 4.18 Å². The lowest BCUT2D eigenvalue weighted by molar-refractivity contribution is -0.0500. The number of rotatable bonds is 4. The van der Waals surface area contributed by atoms with E-state index < -0.39 is 21.4 Å². The van der Waals surface area contributed by atoms with Crippen molar-refractivity contribution >= 4 is 31.5 Å². The summed E-state index contributed by atoms with van der Waals surface area (Å²) in [5.74, 6) is -0.390. The molecule has 0 N–H and O–H groups in total. The van der Waals surface area contributed by atoms with Gasteiger partial charge in [-0.15, -0.1) is 11.3 Å². The van der Waals surface area contributed by atoms with Gasteiger partial charge in [0.05, 0.1) is 10.4 Å². The molecule has 0 amide bonds. The zero-order valence-corrected chi connectivity index (χ0v) is 13.6. The highest BCUT2D eigenvalue weighted by Gasteiger charge is 2.48. The summed E-state index contributed by atoms with van der Waals surface area (Å²) in [7, 11) is -5.65. The Kier molecular flexibility index (Phi) is 4.22. The summed E-state index contributed by atoms with van der Waals surface area (Å²) >= 11 is 1.56. The van der Waals surface area contributed by atoms with Gasteiger partial charge in [-0.3, -0.25) is 4.98 Å². The van der Waals surface area contributed by atoms with Crippen LogP contribution in [0.3, 0.4) is 0 Å². The Morgan fingerprint density at radius 3 is 2.46 bits per heavy atom. The summed E-state index contributed by atoms with van der Waals surface area (Å²) in [5, 5.41) is 3.02. The van der Waals surface area contributed by atoms with Crippen LogP contribution in [-0.4, -0.2) is 18.9 Å². The first kappa shape index (κ1) is 16.7. The topological polar surface area (TPSA) is 56.3 Å². The van der Waals surface area contributed by atoms with Crippen molar-refractivity contribution in [3.63, 3.8) is 0 Å². The van der Waals surface area contributed by atoms with E-state index in [-0.39, 0.29) is 0 Å². The minimum Gasteiger partial charge on any atom is -0.376 e. The number of aromatic nitrogens is 1.